The zero-order valence-electron chi connectivity index (χ0n) is 27.4. The van der Waals surface area contributed by atoms with Gasteiger partial charge in [0.25, 0.3) is 0 Å². The van der Waals surface area contributed by atoms with Crippen molar-refractivity contribution in [2.45, 2.75) is 26.2 Å². The normalized spacial score (nSPS) is 12.0. The van der Waals surface area contributed by atoms with Crippen molar-refractivity contribution in [1.29, 1.82) is 0 Å². The van der Waals surface area contributed by atoms with Crippen molar-refractivity contribution in [3.05, 3.63) is 157 Å². The summed E-state index contributed by atoms with van der Waals surface area (Å²) in [4.78, 5) is 0. The third-order valence-electron chi connectivity index (χ3n) is 10.3. The number of fused-ring (bicyclic) bond motifs is 10. The van der Waals surface area contributed by atoms with Crippen molar-refractivity contribution >= 4 is 75.1 Å². The van der Waals surface area contributed by atoms with Crippen molar-refractivity contribution < 1.29 is 0 Å². The molecule has 0 amide bonds. The Hall–Kier alpha value is -5.64. The molecule has 0 fully saturated rings. The lowest BCUT2D eigenvalue weighted by molar-refractivity contribution is 0.796. The molecule has 0 atom stereocenters. The molecule has 3 aromatic heterocycles. The van der Waals surface area contributed by atoms with Crippen molar-refractivity contribution in [2.24, 2.45) is 0 Å². The molecule has 10 aromatic rings. The van der Waals surface area contributed by atoms with Gasteiger partial charge >= 0.3 is 0 Å². The van der Waals surface area contributed by atoms with Crippen LogP contribution in [0.15, 0.2) is 152 Å². The van der Waals surface area contributed by atoms with Crippen LogP contribution in [0.5, 0.6) is 0 Å². The van der Waals surface area contributed by atoms with Crippen LogP contribution in [0.4, 0.5) is 0 Å². The van der Waals surface area contributed by atoms with Crippen LogP contribution < -0.4 is 0 Å². The molecule has 234 valence electrons. The van der Waals surface area contributed by atoms with E-state index in [1.807, 2.05) is 11.3 Å². The molecule has 0 aliphatic heterocycles. The van der Waals surface area contributed by atoms with E-state index in [9.17, 15) is 0 Å². The molecule has 3 heteroatoms. The number of nitrogens with zero attached hydrogens (tertiary/aromatic N) is 2. The Morgan fingerprint density at radius 2 is 1.20 bits per heavy atom. The van der Waals surface area contributed by atoms with Crippen molar-refractivity contribution in [1.82, 2.24) is 9.13 Å². The average Bonchev–Trinajstić information content (AvgIpc) is 3.81. The molecule has 10 rings (SSSR count). The van der Waals surface area contributed by atoms with Crippen molar-refractivity contribution in [2.75, 3.05) is 0 Å². The summed E-state index contributed by atoms with van der Waals surface area (Å²) in [7, 11) is 0. The minimum absolute atomic E-state index is 1.14. The molecule has 0 bridgehead atoms. The fraction of sp³-hybridized carbons (Fsp3) is 0.0870. The van der Waals surface area contributed by atoms with Gasteiger partial charge in [0, 0.05) is 53.1 Å². The molecule has 0 saturated heterocycles. The molecule has 7 aromatic carbocycles. The van der Waals surface area contributed by atoms with Crippen LogP contribution in [0, 0.1) is 0 Å². The minimum atomic E-state index is 1.14. The average molecular weight is 647 g/mol. The SMILES string of the molecule is CCCCc1ccc2sc3cc(-n4c5ccccc5c5ccc6c(c7ccccc7n6-c6cccc(-c7ccccc7)c6)c54)ccc3c2c1. The summed E-state index contributed by atoms with van der Waals surface area (Å²) >= 11 is 1.91. The zero-order chi connectivity index (χ0) is 32.5. The van der Waals surface area contributed by atoms with E-state index in [-0.39, 0.29) is 0 Å². The standard InChI is InChI=1S/C46H34N2S/c1-2-3-12-30-21-26-43-39(27-30)36-23-22-34(29-44(36)49-43)48-40-19-9-7-17-35(40)37-24-25-42-45(46(37)48)38-18-8-10-20-41(38)47(42)33-16-11-15-32(28-33)31-13-5-4-6-14-31/h4-11,13-29H,2-3,12H2,1H3. The third kappa shape index (κ3) is 4.39. The molecule has 49 heavy (non-hydrogen) atoms. The minimum Gasteiger partial charge on any atom is -0.309 e. The third-order valence-corrected chi connectivity index (χ3v) is 11.4. The summed E-state index contributed by atoms with van der Waals surface area (Å²) in [5, 5.41) is 7.83. The predicted octanol–water partition coefficient (Wildman–Crippen LogP) is 13.3. The Bertz CT molecular complexity index is 2870. The van der Waals surface area contributed by atoms with E-state index in [4.69, 9.17) is 0 Å². The van der Waals surface area contributed by atoms with Gasteiger partial charge in [0.05, 0.1) is 22.1 Å². The predicted molar refractivity (Wildman–Crippen MR) is 212 cm³/mol. The molecule has 0 unspecified atom stereocenters. The van der Waals surface area contributed by atoms with Crippen molar-refractivity contribution in [3.63, 3.8) is 0 Å². The zero-order valence-corrected chi connectivity index (χ0v) is 28.2. The second kappa shape index (κ2) is 11.2. The summed E-state index contributed by atoms with van der Waals surface area (Å²) in [5.74, 6) is 0. The van der Waals surface area contributed by atoms with Crippen molar-refractivity contribution in [3.8, 4) is 22.5 Å². The first-order chi connectivity index (χ1) is 24.3. The first-order valence-corrected chi connectivity index (χ1v) is 18.2. The van der Waals surface area contributed by atoms with E-state index in [0.29, 0.717) is 0 Å². The first-order valence-electron chi connectivity index (χ1n) is 17.3. The highest BCUT2D eigenvalue weighted by Crippen LogP contribution is 2.43. The number of aryl methyl sites for hydroxylation is 1. The summed E-state index contributed by atoms with van der Waals surface area (Å²) in [6.07, 6.45) is 3.59. The van der Waals surface area contributed by atoms with E-state index in [1.165, 1.54) is 105 Å². The van der Waals surface area contributed by atoms with Gasteiger partial charge in [-0.1, -0.05) is 110 Å². The lowest BCUT2D eigenvalue weighted by Crippen LogP contribution is -1.95. The van der Waals surface area contributed by atoms with E-state index >= 15 is 0 Å². The molecular formula is C46H34N2S. The Balaban J connectivity index is 1.25. The molecule has 3 heterocycles. The Morgan fingerprint density at radius 1 is 0.469 bits per heavy atom. The first kappa shape index (κ1) is 28.4. The smallest absolute Gasteiger partial charge is 0.0641 e. The number of thiophene rings is 1. The summed E-state index contributed by atoms with van der Waals surface area (Å²) in [5.41, 5.74) is 11.2. The monoisotopic (exact) mass is 646 g/mol. The number of rotatable bonds is 6. The Morgan fingerprint density at radius 3 is 2.06 bits per heavy atom. The number of benzene rings is 7. The van der Waals surface area contributed by atoms with Gasteiger partial charge in [0.15, 0.2) is 0 Å². The lowest BCUT2D eigenvalue weighted by Gasteiger charge is -2.11. The molecule has 2 nitrogen and oxygen atoms in total. The second-order valence-corrected chi connectivity index (χ2v) is 14.3. The topological polar surface area (TPSA) is 9.86 Å². The van der Waals surface area contributed by atoms with Crippen LogP contribution in [-0.2, 0) is 6.42 Å². The number of hydrogen-bond acceptors (Lipinski definition) is 1. The van der Waals surface area contributed by atoms with Gasteiger partial charge in [-0.3, -0.25) is 0 Å². The number of hydrogen-bond donors (Lipinski definition) is 0. The number of unbranched alkanes of at least 4 members (excludes halogenated alkanes) is 1. The molecule has 0 aliphatic rings. The van der Waals surface area contributed by atoms with E-state index in [1.54, 1.807) is 0 Å². The van der Waals surface area contributed by atoms with Gasteiger partial charge in [-0.2, -0.15) is 0 Å². The maximum atomic E-state index is 2.51. The van der Waals surface area contributed by atoms with Gasteiger partial charge in [-0.05, 0) is 84.1 Å². The molecule has 0 saturated carbocycles. The fourth-order valence-electron chi connectivity index (χ4n) is 8.00. The van der Waals surface area contributed by atoms with Gasteiger partial charge in [0.2, 0.25) is 0 Å². The number of aromatic nitrogens is 2. The van der Waals surface area contributed by atoms with Gasteiger partial charge in [-0.25, -0.2) is 0 Å². The summed E-state index contributed by atoms with van der Waals surface area (Å²) < 4.78 is 7.65. The lowest BCUT2D eigenvalue weighted by atomic mass is 10.0. The fourth-order valence-corrected chi connectivity index (χ4v) is 9.12. The van der Waals surface area contributed by atoms with Gasteiger partial charge < -0.3 is 9.13 Å². The summed E-state index contributed by atoms with van der Waals surface area (Å²) in [6.45, 7) is 2.27. The van der Waals surface area contributed by atoms with Crippen LogP contribution in [0.3, 0.4) is 0 Å². The van der Waals surface area contributed by atoms with Gasteiger partial charge in [-0.15, -0.1) is 11.3 Å². The van der Waals surface area contributed by atoms with E-state index in [2.05, 4.69) is 168 Å². The highest BCUT2D eigenvalue weighted by Gasteiger charge is 2.21. The molecule has 0 radical (unpaired) electrons. The van der Waals surface area contributed by atoms with Crippen LogP contribution in [0.2, 0.25) is 0 Å². The molecular weight excluding hydrogens is 613 g/mol. The summed E-state index contributed by atoms with van der Waals surface area (Å²) in [6, 6.07) is 56.3. The maximum absolute atomic E-state index is 2.51. The Labute approximate surface area is 289 Å². The highest BCUT2D eigenvalue weighted by atomic mass is 32.1. The largest absolute Gasteiger partial charge is 0.309 e. The van der Waals surface area contributed by atoms with Crippen LogP contribution in [0.25, 0.3) is 86.3 Å². The Kier molecular flexibility index (Phi) is 6.50. The van der Waals surface area contributed by atoms with Crippen LogP contribution in [0.1, 0.15) is 25.3 Å². The van der Waals surface area contributed by atoms with Gasteiger partial charge in [0.1, 0.15) is 0 Å². The van der Waals surface area contributed by atoms with E-state index < -0.39 is 0 Å². The number of para-hydroxylation sites is 2. The second-order valence-electron chi connectivity index (χ2n) is 13.2. The quantitative estimate of drug-likeness (QED) is 0.170. The van der Waals surface area contributed by atoms with Crippen LogP contribution in [-0.4, -0.2) is 9.13 Å². The highest BCUT2D eigenvalue weighted by molar-refractivity contribution is 7.25. The maximum Gasteiger partial charge on any atom is 0.0641 e. The molecule has 0 aliphatic carbocycles. The van der Waals surface area contributed by atoms with Crippen LogP contribution >= 0.6 is 11.3 Å². The van der Waals surface area contributed by atoms with E-state index in [0.717, 1.165) is 6.42 Å². The molecule has 0 N–H and O–H groups in total. The molecule has 0 spiro atoms.